The number of carbonyl (C=O) groups is 1. The molecule has 0 unspecified atom stereocenters. The summed E-state index contributed by atoms with van der Waals surface area (Å²) in [7, 11) is 0. The molecular weight excluding hydrogens is 473 g/mol. The molecule has 0 saturated carbocycles. The average Bonchev–Trinajstić information content (AvgIpc) is 3.39. The molecule has 0 atom stereocenters. The van der Waals surface area contributed by atoms with Crippen molar-refractivity contribution in [1.29, 1.82) is 0 Å². The topological polar surface area (TPSA) is 101 Å². The minimum absolute atomic E-state index is 0.0582. The van der Waals surface area contributed by atoms with Crippen LogP contribution in [0.1, 0.15) is 29.8 Å². The summed E-state index contributed by atoms with van der Waals surface area (Å²) in [5.41, 5.74) is 2.74. The first kappa shape index (κ1) is 23.5. The van der Waals surface area contributed by atoms with Gasteiger partial charge in [-0.3, -0.25) is 14.9 Å². The molecule has 1 aromatic heterocycles. The van der Waals surface area contributed by atoms with Crippen LogP contribution in [0.15, 0.2) is 66.7 Å². The number of nitrogens with zero attached hydrogens (tertiary/aromatic N) is 2. The van der Waals surface area contributed by atoms with E-state index in [0.717, 1.165) is 11.1 Å². The number of fused-ring (bicyclic) bond motifs is 4. The number of nitro groups is 1. The van der Waals surface area contributed by atoms with Crippen molar-refractivity contribution in [2.24, 2.45) is 0 Å². The number of nitro benzene ring substituents is 1. The molecule has 4 aromatic rings. The van der Waals surface area contributed by atoms with Crippen molar-refractivity contribution in [3.8, 4) is 11.1 Å². The zero-order valence-electron chi connectivity index (χ0n) is 18.9. The van der Waals surface area contributed by atoms with E-state index in [1.54, 1.807) is 30.3 Å². The van der Waals surface area contributed by atoms with Crippen LogP contribution >= 0.6 is 0 Å². The molecule has 1 aliphatic carbocycles. The molecule has 7 nitrogen and oxygen atoms in total. The maximum atomic E-state index is 13.5. The van der Waals surface area contributed by atoms with Crippen molar-refractivity contribution < 1.29 is 22.9 Å². The maximum absolute atomic E-state index is 13.5. The van der Waals surface area contributed by atoms with Gasteiger partial charge in [-0.05, 0) is 41.2 Å². The van der Waals surface area contributed by atoms with E-state index in [-0.39, 0.29) is 12.1 Å². The summed E-state index contributed by atoms with van der Waals surface area (Å²) in [6.45, 7) is -1.42. The fourth-order valence-electron chi connectivity index (χ4n) is 5.09. The molecule has 5 rings (SSSR count). The molecule has 3 aromatic carbocycles. The Bertz CT molecular complexity index is 1430. The van der Waals surface area contributed by atoms with E-state index >= 15 is 0 Å². The van der Waals surface area contributed by atoms with E-state index in [0.29, 0.717) is 40.8 Å². The Hall–Kier alpha value is -4.21. The Kier molecular flexibility index (Phi) is 5.74. The standard InChI is InChI=1S/C26H21F3N4O3/c27-26(28,29)15-30-24(34)25(19-8-3-1-6-17(19)18-7-2-4-9-20(18)25)13-5-10-23-31-21-12-11-16(33(35)36)14-22(21)32-23/h1-4,6-9,11-12,14H,5,10,13,15H2,(H,30,34)(H,31,32). The minimum Gasteiger partial charge on any atom is -0.346 e. The number of imidazole rings is 1. The first-order valence-electron chi connectivity index (χ1n) is 11.4. The SMILES string of the molecule is O=C(NCC(F)(F)F)C1(CCCc2nc3ccc([N+](=O)[O-])cc3[nH]2)c2ccccc2-c2ccccc21. The highest BCUT2D eigenvalue weighted by atomic mass is 19.4. The van der Waals surface area contributed by atoms with Crippen molar-refractivity contribution in [2.75, 3.05) is 6.54 Å². The third-order valence-electron chi connectivity index (χ3n) is 6.59. The van der Waals surface area contributed by atoms with Gasteiger partial charge in [0.2, 0.25) is 5.91 Å². The number of aromatic nitrogens is 2. The molecule has 36 heavy (non-hydrogen) atoms. The largest absolute Gasteiger partial charge is 0.405 e. The highest BCUT2D eigenvalue weighted by Gasteiger charge is 2.49. The number of nitrogens with one attached hydrogen (secondary N) is 2. The van der Waals surface area contributed by atoms with Crippen LogP contribution in [-0.4, -0.2) is 33.5 Å². The maximum Gasteiger partial charge on any atom is 0.405 e. The van der Waals surface area contributed by atoms with Crippen molar-refractivity contribution in [3.63, 3.8) is 0 Å². The van der Waals surface area contributed by atoms with E-state index in [1.807, 2.05) is 24.3 Å². The van der Waals surface area contributed by atoms with Crippen molar-refractivity contribution in [2.45, 2.75) is 30.9 Å². The number of non-ortho nitro benzene ring substituents is 1. The highest BCUT2D eigenvalue weighted by molar-refractivity contribution is 6.00. The third kappa shape index (κ3) is 4.08. The molecule has 1 amide bonds. The van der Waals surface area contributed by atoms with Gasteiger partial charge in [-0.15, -0.1) is 0 Å². The van der Waals surface area contributed by atoms with E-state index in [2.05, 4.69) is 15.3 Å². The second kappa shape index (κ2) is 8.78. The van der Waals surface area contributed by atoms with Crippen LogP contribution in [0, 0.1) is 10.1 Å². The smallest absolute Gasteiger partial charge is 0.346 e. The van der Waals surface area contributed by atoms with Gasteiger partial charge in [0, 0.05) is 18.6 Å². The molecule has 0 aliphatic heterocycles. The summed E-state index contributed by atoms with van der Waals surface area (Å²) < 4.78 is 39.0. The lowest BCUT2D eigenvalue weighted by Crippen LogP contribution is -2.47. The van der Waals surface area contributed by atoms with Crippen LogP contribution in [0.5, 0.6) is 0 Å². The highest BCUT2D eigenvalue weighted by Crippen LogP contribution is 2.51. The van der Waals surface area contributed by atoms with E-state index in [4.69, 9.17) is 0 Å². The Morgan fingerprint density at radius 1 is 1.03 bits per heavy atom. The van der Waals surface area contributed by atoms with Crippen molar-refractivity contribution in [1.82, 2.24) is 15.3 Å². The molecule has 0 fully saturated rings. The number of carbonyl (C=O) groups excluding carboxylic acids is 1. The molecule has 0 radical (unpaired) electrons. The first-order chi connectivity index (χ1) is 17.2. The van der Waals surface area contributed by atoms with Crippen molar-refractivity contribution in [3.05, 3.63) is 93.8 Å². The number of rotatable bonds is 7. The van der Waals surface area contributed by atoms with Gasteiger partial charge in [0.1, 0.15) is 17.8 Å². The van der Waals surface area contributed by atoms with Gasteiger partial charge in [-0.2, -0.15) is 13.2 Å². The van der Waals surface area contributed by atoms with Crippen LogP contribution in [0.25, 0.3) is 22.2 Å². The number of hydrogen-bond acceptors (Lipinski definition) is 4. The van der Waals surface area contributed by atoms with Crippen molar-refractivity contribution >= 4 is 22.6 Å². The third-order valence-corrected chi connectivity index (χ3v) is 6.59. The van der Waals surface area contributed by atoms with Gasteiger partial charge < -0.3 is 10.3 Å². The summed E-state index contributed by atoms with van der Waals surface area (Å²) in [5.74, 6) is -0.117. The molecule has 0 spiro atoms. The quantitative estimate of drug-likeness (QED) is 0.264. The Morgan fingerprint density at radius 3 is 2.28 bits per heavy atom. The predicted molar refractivity (Wildman–Crippen MR) is 127 cm³/mol. The van der Waals surface area contributed by atoms with Crippen LogP contribution < -0.4 is 5.32 Å². The number of aromatic amines is 1. The van der Waals surface area contributed by atoms with Gasteiger partial charge in [-0.25, -0.2) is 4.98 Å². The number of halogens is 3. The summed E-state index contributed by atoms with van der Waals surface area (Å²) in [4.78, 5) is 31.6. The zero-order valence-corrected chi connectivity index (χ0v) is 18.9. The first-order valence-corrected chi connectivity index (χ1v) is 11.4. The monoisotopic (exact) mass is 494 g/mol. The van der Waals surface area contributed by atoms with E-state index in [1.165, 1.54) is 12.1 Å². The Labute approximate surface area is 203 Å². The summed E-state index contributed by atoms with van der Waals surface area (Å²) in [6.07, 6.45) is -3.45. The van der Waals surface area contributed by atoms with Crippen LogP contribution in [0.3, 0.4) is 0 Å². The van der Waals surface area contributed by atoms with Crippen LogP contribution in [0.4, 0.5) is 18.9 Å². The fraction of sp³-hybridized carbons (Fsp3) is 0.231. The minimum atomic E-state index is -4.54. The van der Waals surface area contributed by atoms with E-state index < -0.39 is 29.0 Å². The lowest BCUT2D eigenvalue weighted by molar-refractivity contribution is -0.384. The average molecular weight is 494 g/mol. The molecular formula is C26H21F3N4O3. The molecule has 2 N–H and O–H groups in total. The van der Waals surface area contributed by atoms with Gasteiger partial charge in [-0.1, -0.05) is 48.5 Å². The number of amides is 1. The Morgan fingerprint density at radius 2 is 1.67 bits per heavy atom. The van der Waals surface area contributed by atoms with Gasteiger partial charge in [0.15, 0.2) is 0 Å². The Balaban J connectivity index is 1.47. The second-order valence-corrected chi connectivity index (χ2v) is 8.79. The second-order valence-electron chi connectivity index (χ2n) is 8.79. The number of benzene rings is 3. The predicted octanol–water partition coefficient (Wildman–Crippen LogP) is 5.44. The normalized spacial score (nSPS) is 13.9. The summed E-state index contributed by atoms with van der Waals surface area (Å²) in [5, 5.41) is 13.2. The van der Waals surface area contributed by atoms with E-state index in [9.17, 15) is 28.1 Å². The number of H-pyrrole nitrogens is 1. The lowest BCUT2D eigenvalue weighted by atomic mass is 9.73. The summed E-state index contributed by atoms with van der Waals surface area (Å²) >= 11 is 0. The zero-order chi connectivity index (χ0) is 25.5. The number of hydrogen-bond donors (Lipinski definition) is 2. The number of aryl methyl sites for hydroxylation is 1. The molecule has 184 valence electrons. The molecule has 1 heterocycles. The van der Waals surface area contributed by atoms with Gasteiger partial charge >= 0.3 is 6.18 Å². The summed E-state index contributed by atoms with van der Waals surface area (Å²) in [6, 6.07) is 18.9. The molecule has 0 bridgehead atoms. The van der Waals surface area contributed by atoms with Crippen LogP contribution in [0.2, 0.25) is 0 Å². The number of alkyl halides is 3. The molecule has 10 heteroatoms. The lowest BCUT2D eigenvalue weighted by Gasteiger charge is -2.31. The van der Waals surface area contributed by atoms with Crippen LogP contribution in [-0.2, 0) is 16.6 Å². The molecule has 0 saturated heterocycles. The van der Waals surface area contributed by atoms with Gasteiger partial charge in [0.05, 0.1) is 16.0 Å². The molecule has 1 aliphatic rings. The fourth-order valence-corrected chi connectivity index (χ4v) is 5.09. The van der Waals surface area contributed by atoms with Gasteiger partial charge in [0.25, 0.3) is 5.69 Å².